The summed E-state index contributed by atoms with van der Waals surface area (Å²) in [5.41, 5.74) is 7.36. The highest BCUT2D eigenvalue weighted by Crippen LogP contribution is 2.16. The first-order chi connectivity index (χ1) is 10.1. The van der Waals surface area contributed by atoms with Crippen LogP contribution >= 0.6 is 0 Å². The molecule has 0 spiro atoms. The molecule has 2 amide bonds. The molecule has 1 heterocycles. The van der Waals surface area contributed by atoms with E-state index in [1.54, 1.807) is 30.3 Å². The van der Waals surface area contributed by atoms with Crippen LogP contribution in [-0.2, 0) is 6.54 Å². The summed E-state index contributed by atoms with van der Waals surface area (Å²) in [6, 6.07) is 9.48. The summed E-state index contributed by atoms with van der Waals surface area (Å²) < 4.78 is 0. The number of benzene rings is 1. The molecule has 0 bridgehead atoms. The van der Waals surface area contributed by atoms with Crippen molar-refractivity contribution >= 4 is 23.4 Å². The van der Waals surface area contributed by atoms with Crippen LogP contribution in [0.3, 0.4) is 0 Å². The fraction of sp³-hybridized carbons (Fsp3) is 0.0714. The smallest absolute Gasteiger partial charge is 0.354 e. The van der Waals surface area contributed by atoms with Gasteiger partial charge in [0.2, 0.25) is 0 Å². The number of urea groups is 1. The van der Waals surface area contributed by atoms with E-state index in [0.29, 0.717) is 16.9 Å². The minimum absolute atomic E-state index is 0.0414. The first-order valence-electron chi connectivity index (χ1n) is 6.14. The van der Waals surface area contributed by atoms with Gasteiger partial charge < -0.3 is 21.5 Å². The van der Waals surface area contributed by atoms with E-state index in [0.717, 1.165) is 0 Å². The van der Waals surface area contributed by atoms with Gasteiger partial charge in [-0.2, -0.15) is 0 Å². The number of nitrogens with one attached hydrogen (secondary N) is 2. The highest BCUT2D eigenvalue weighted by molar-refractivity contribution is 5.92. The van der Waals surface area contributed by atoms with Gasteiger partial charge in [-0.05, 0) is 23.8 Å². The summed E-state index contributed by atoms with van der Waals surface area (Å²) in [6.07, 6.45) is 1.40. The zero-order chi connectivity index (χ0) is 15.2. The molecule has 1 aromatic carbocycles. The highest BCUT2D eigenvalue weighted by Gasteiger charge is 2.06. The highest BCUT2D eigenvalue weighted by atomic mass is 16.4. The fourth-order valence-electron chi connectivity index (χ4n) is 1.62. The monoisotopic (exact) mass is 286 g/mol. The number of carbonyl (C=O) groups excluding carboxylic acids is 1. The van der Waals surface area contributed by atoms with Gasteiger partial charge in [0, 0.05) is 12.7 Å². The summed E-state index contributed by atoms with van der Waals surface area (Å²) in [4.78, 5) is 26.1. The third-order valence-corrected chi connectivity index (χ3v) is 2.71. The normalized spacial score (nSPS) is 9.90. The quantitative estimate of drug-likeness (QED) is 0.638. The van der Waals surface area contributed by atoms with Crippen LogP contribution in [0.4, 0.5) is 16.2 Å². The Hall–Kier alpha value is -3.09. The zero-order valence-electron chi connectivity index (χ0n) is 11.0. The van der Waals surface area contributed by atoms with Crippen LogP contribution in [-0.4, -0.2) is 22.1 Å². The maximum atomic E-state index is 11.7. The lowest BCUT2D eigenvalue weighted by Crippen LogP contribution is -2.28. The van der Waals surface area contributed by atoms with E-state index in [1.165, 1.54) is 12.3 Å². The number of carbonyl (C=O) groups is 2. The van der Waals surface area contributed by atoms with Crippen molar-refractivity contribution in [1.82, 2.24) is 10.3 Å². The number of nitrogens with zero attached hydrogens (tertiary/aromatic N) is 1. The second-order valence-corrected chi connectivity index (χ2v) is 4.25. The number of aromatic carboxylic acids is 1. The van der Waals surface area contributed by atoms with Crippen molar-refractivity contribution in [2.24, 2.45) is 0 Å². The summed E-state index contributed by atoms with van der Waals surface area (Å²) in [6.45, 7) is 0.228. The average Bonchev–Trinajstić information content (AvgIpc) is 2.48. The lowest BCUT2D eigenvalue weighted by molar-refractivity contribution is 0.0690. The van der Waals surface area contributed by atoms with Crippen molar-refractivity contribution in [1.29, 1.82) is 0 Å². The SMILES string of the molecule is Nc1ccccc1NC(=O)NCc1ccc(C(=O)O)nc1. The van der Waals surface area contributed by atoms with Gasteiger partial charge in [-0.1, -0.05) is 18.2 Å². The summed E-state index contributed by atoms with van der Waals surface area (Å²) in [5, 5.41) is 14.0. The number of carboxylic acids is 1. The number of nitrogens with two attached hydrogens (primary N) is 1. The molecular weight excluding hydrogens is 272 g/mol. The molecular formula is C14H14N4O3. The van der Waals surface area contributed by atoms with E-state index in [9.17, 15) is 9.59 Å². The number of carboxylic acid groups (broad SMARTS) is 1. The maximum absolute atomic E-state index is 11.7. The van der Waals surface area contributed by atoms with Gasteiger partial charge in [0.15, 0.2) is 0 Å². The number of hydrogen-bond donors (Lipinski definition) is 4. The van der Waals surface area contributed by atoms with E-state index in [2.05, 4.69) is 15.6 Å². The van der Waals surface area contributed by atoms with Gasteiger partial charge in [-0.3, -0.25) is 0 Å². The van der Waals surface area contributed by atoms with Crippen molar-refractivity contribution in [2.75, 3.05) is 11.1 Å². The number of nitrogen functional groups attached to an aromatic ring is 1. The standard InChI is InChI=1S/C14H14N4O3/c15-10-3-1-2-4-11(10)18-14(21)17-8-9-5-6-12(13(19)20)16-7-9/h1-7H,8,15H2,(H,19,20)(H2,17,18,21). The van der Waals surface area contributed by atoms with Gasteiger partial charge in [-0.15, -0.1) is 0 Å². The van der Waals surface area contributed by atoms with Gasteiger partial charge >= 0.3 is 12.0 Å². The molecule has 108 valence electrons. The third-order valence-electron chi connectivity index (χ3n) is 2.71. The topological polar surface area (TPSA) is 117 Å². The van der Waals surface area contributed by atoms with Gasteiger partial charge in [0.25, 0.3) is 0 Å². The van der Waals surface area contributed by atoms with Crippen molar-refractivity contribution in [3.63, 3.8) is 0 Å². The average molecular weight is 286 g/mol. The number of amides is 2. The third kappa shape index (κ3) is 3.93. The Morgan fingerprint density at radius 1 is 1.19 bits per heavy atom. The van der Waals surface area contributed by atoms with Gasteiger partial charge in [0.1, 0.15) is 5.69 Å². The summed E-state index contributed by atoms with van der Waals surface area (Å²) >= 11 is 0. The Balaban J connectivity index is 1.89. The van der Waals surface area contributed by atoms with Gasteiger partial charge in [-0.25, -0.2) is 14.6 Å². The van der Waals surface area contributed by atoms with E-state index in [4.69, 9.17) is 10.8 Å². The Kier molecular flexibility index (Phi) is 4.35. The Morgan fingerprint density at radius 3 is 2.57 bits per heavy atom. The summed E-state index contributed by atoms with van der Waals surface area (Å²) in [7, 11) is 0. The predicted molar refractivity (Wildman–Crippen MR) is 77.9 cm³/mol. The van der Waals surface area contributed by atoms with Crippen LogP contribution in [0.25, 0.3) is 0 Å². The molecule has 0 fully saturated rings. The van der Waals surface area contributed by atoms with E-state index >= 15 is 0 Å². The van der Waals surface area contributed by atoms with Crippen molar-refractivity contribution in [3.8, 4) is 0 Å². The van der Waals surface area contributed by atoms with Crippen molar-refractivity contribution < 1.29 is 14.7 Å². The number of aromatic nitrogens is 1. The molecule has 0 saturated carbocycles. The second kappa shape index (κ2) is 6.38. The molecule has 0 atom stereocenters. The minimum Gasteiger partial charge on any atom is -0.477 e. The van der Waals surface area contributed by atoms with Crippen LogP contribution in [0.1, 0.15) is 16.1 Å². The first-order valence-corrected chi connectivity index (χ1v) is 6.14. The molecule has 0 aliphatic heterocycles. The molecule has 0 aliphatic rings. The molecule has 5 N–H and O–H groups in total. The maximum Gasteiger partial charge on any atom is 0.354 e. The van der Waals surface area contributed by atoms with E-state index in [1.807, 2.05) is 0 Å². The largest absolute Gasteiger partial charge is 0.477 e. The molecule has 0 aliphatic carbocycles. The Morgan fingerprint density at radius 2 is 1.95 bits per heavy atom. The minimum atomic E-state index is -1.09. The van der Waals surface area contributed by atoms with E-state index < -0.39 is 12.0 Å². The fourth-order valence-corrected chi connectivity index (χ4v) is 1.62. The molecule has 7 nitrogen and oxygen atoms in total. The number of para-hydroxylation sites is 2. The van der Waals surface area contributed by atoms with Gasteiger partial charge in [0.05, 0.1) is 11.4 Å². The second-order valence-electron chi connectivity index (χ2n) is 4.25. The molecule has 0 radical (unpaired) electrons. The van der Waals surface area contributed by atoms with E-state index in [-0.39, 0.29) is 12.2 Å². The van der Waals surface area contributed by atoms with Crippen molar-refractivity contribution in [3.05, 3.63) is 53.9 Å². The number of hydrogen-bond acceptors (Lipinski definition) is 4. The molecule has 21 heavy (non-hydrogen) atoms. The Labute approximate surface area is 120 Å². The van der Waals surface area contributed by atoms with Crippen LogP contribution in [0.5, 0.6) is 0 Å². The summed E-state index contributed by atoms with van der Waals surface area (Å²) in [5.74, 6) is -1.09. The predicted octanol–water partition coefficient (Wildman–Crippen LogP) is 1.68. The number of pyridine rings is 1. The lowest BCUT2D eigenvalue weighted by Gasteiger charge is -2.09. The van der Waals surface area contributed by atoms with Crippen LogP contribution < -0.4 is 16.4 Å². The molecule has 2 rings (SSSR count). The molecule has 1 aromatic heterocycles. The molecule has 0 unspecified atom stereocenters. The van der Waals surface area contributed by atoms with Crippen molar-refractivity contribution in [2.45, 2.75) is 6.54 Å². The number of anilines is 2. The van der Waals surface area contributed by atoms with Crippen LogP contribution in [0.2, 0.25) is 0 Å². The zero-order valence-corrected chi connectivity index (χ0v) is 11.0. The van der Waals surface area contributed by atoms with Crippen LogP contribution in [0, 0.1) is 0 Å². The molecule has 2 aromatic rings. The Bertz CT molecular complexity index is 656. The molecule has 7 heteroatoms. The lowest BCUT2D eigenvalue weighted by atomic mass is 10.2. The first kappa shape index (κ1) is 14.3. The number of rotatable bonds is 4. The molecule has 0 saturated heterocycles. The van der Waals surface area contributed by atoms with Crippen LogP contribution in [0.15, 0.2) is 42.6 Å².